The van der Waals surface area contributed by atoms with Gasteiger partial charge >= 0.3 is 12.2 Å². The van der Waals surface area contributed by atoms with E-state index in [1.54, 1.807) is 13.8 Å². The number of benzene rings is 2. The van der Waals surface area contributed by atoms with E-state index in [-0.39, 0.29) is 36.0 Å². The van der Waals surface area contributed by atoms with Gasteiger partial charge in [-0.15, -0.1) is 0 Å². The molecule has 176 valence electrons. The number of non-ortho nitro benzene ring substituents is 2. The van der Waals surface area contributed by atoms with Crippen LogP contribution in [0.4, 0.5) is 21.0 Å². The monoisotopic (exact) mass is 462 g/mol. The van der Waals surface area contributed by atoms with Gasteiger partial charge < -0.3 is 24.8 Å². The number of nitro groups is 2. The molecule has 0 bridgehead atoms. The largest absolute Gasteiger partial charge is 0.412 e. The second-order valence-corrected chi connectivity index (χ2v) is 6.85. The highest BCUT2D eigenvalue weighted by atomic mass is 16.6. The van der Waals surface area contributed by atoms with Gasteiger partial charge in [0.2, 0.25) is 0 Å². The van der Waals surface area contributed by atoms with E-state index in [0.29, 0.717) is 0 Å². The maximum absolute atomic E-state index is 11.9. The van der Waals surface area contributed by atoms with E-state index in [0.717, 1.165) is 0 Å². The fraction of sp³-hybridized carbons (Fsp3) is 0.300. The summed E-state index contributed by atoms with van der Waals surface area (Å²) in [5.41, 5.74) is -0.243. The van der Waals surface area contributed by atoms with Crippen molar-refractivity contribution in [3.63, 3.8) is 0 Å². The second kappa shape index (κ2) is 12.0. The Morgan fingerprint density at radius 1 is 0.848 bits per heavy atom. The number of nitro benzene ring substituents is 2. The van der Waals surface area contributed by atoms with Crippen molar-refractivity contribution < 1.29 is 33.6 Å². The van der Waals surface area contributed by atoms with Gasteiger partial charge in [-0.25, -0.2) is 9.59 Å². The summed E-state index contributed by atoms with van der Waals surface area (Å²) in [4.78, 5) is 43.8. The molecule has 13 heteroatoms. The standard InChI is InChI=1S/C20H22N4O9/c1-13(22-20(26)33-18-9-5-16(6-10-18)24(29)30)12-31-14(2)11-21-19(25)32-17-7-3-15(4-8-17)23(27)28/h3-10,13-14H,11-12H2,1-2H3,(H,21,25)(H,22,26). The lowest BCUT2D eigenvalue weighted by Gasteiger charge is -2.18. The molecule has 2 N–H and O–H groups in total. The molecule has 0 spiro atoms. The molecule has 0 fully saturated rings. The van der Waals surface area contributed by atoms with Gasteiger partial charge in [-0.3, -0.25) is 20.2 Å². The zero-order valence-electron chi connectivity index (χ0n) is 17.8. The molecular formula is C20H22N4O9. The number of ether oxygens (including phenoxy) is 3. The molecule has 33 heavy (non-hydrogen) atoms. The summed E-state index contributed by atoms with van der Waals surface area (Å²) in [7, 11) is 0. The minimum Gasteiger partial charge on any atom is -0.410 e. The first-order valence-corrected chi connectivity index (χ1v) is 9.68. The summed E-state index contributed by atoms with van der Waals surface area (Å²) in [6.07, 6.45) is -1.92. The van der Waals surface area contributed by atoms with Gasteiger partial charge in [-0.05, 0) is 38.1 Å². The number of hydrogen-bond donors (Lipinski definition) is 2. The van der Waals surface area contributed by atoms with Gasteiger partial charge in [-0.2, -0.15) is 0 Å². The predicted octanol–water partition coefficient (Wildman–Crippen LogP) is 3.17. The third kappa shape index (κ3) is 8.78. The number of rotatable bonds is 10. The van der Waals surface area contributed by atoms with E-state index in [1.807, 2.05) is 0 Å². The van der Waals surface area contributed by atoms with Crippen molar-refractivity contribution in [2.24, 2.45) is 0 Å². The van der Waals surface area contributed by atoms with Crippen molar-refractivity contribution in [1.82, 2.24) is 10.6 Å². The van der Waals surface area contributed by atoms with Crippen LogP contribution in [0.15, 0.2) is 48.5 Å². The first-order valence-electron chi connectivity index (χ1n) is 9.68. The van der Waals surface area contributed by atoms with Crippen LogP contribution >= 0.6 is 0 Å². The van der Waals surface area contributed by atoms with Gasteiger partial charge in [0.05, 0.1) is 28.6 Å². The minimum absolute atomic E-state index is 0.117. The van der Waals surface area contributed by atoms with Crippen molar-refractivity contribution in [1.29, 1.82) is 0 Å². The zero-order valence-corrected chi connectivity index (χ0v) is 17.8. The Kier molecular flexibility index (Phi) is 9.06. The van der Waals surface area contributed by atoms with E-state index in [2.05, 4.69) is 10.6 Å². The summed E-state index contributed by atoms with van der Waals surface area (Å²) in [5, 5.41) is 26.3. The molecule has 2 aromatic rings. The smallest absolute Gasteiger partial charge is 0.410 e. The molecule has 13 nitrogen and oxygen atoms in total. The van der Waals surface area contributed by atoms with Gasteiger partial charge in [-0.1, -0.05) is 0 Å². The topological polar surface area (TPSA) is 172 Å². The fourth-order valence-electron chi connectivity index (χ4n) is 2.39. The van der Waals surface area contributed by atoms with Crippen LogP contribution in [-0.4, -0.2) is 47.3 Å². The minimum atomic E-state index is -0.753. The maximum Gasteiger partial charge on any atom is 0.412 e. The number of carbonyl (C=O) groups excluding carboxylic acids is 2. The van der Waals surface area contributed by atoms with Crippen molar-refractivity contribution in [3.05, 3.63) is 68.8 Å². The highest BCUT2D eigenvalue weighted by molar-refractivity contribution is 5.71. The number of nitrogens with zero attached hydrogens (tertiary/aromatic N) is 2. The summed E-state index contributed by atoms with van der Waals surface area (Å²) in [6, 6.07) is 9.68. The SMILES string of the molecule is CC(COC(C)CNC(=O)Oc1ccc([N+](=O)[O-])cc1)NC(=O)Oc1ccc([N+](=O)[O-])cc1. The Balaban J connectivity index is 1.65. The summed E-state index contributed by atoms with van der Waals surface area (Å²) in [6.45, 7) is 3.62. The normalized spacial score (nSPS) is 12.2. The Morgan fingerprint density at radius 2 is 1.30 bits per heavy atom. The molecule has 2 rings (SSSR count). The molecule has 0 radical (unpaired) electrons. The van der Waals surface area contributed by atoms with Crippen molar-refractivity contribution in [3.8, 4) is 11.5 Å². The molecule has 2 aromatic carbocycles. The molecule has 2 unspecified atom stereocenters. The third-order valence-corrected chi connectivity index (χ3v) is 4.05. The van der Waals surface area contributed by atoms with Gasteiger partial charge in [0.25, 0.3) is 11.4 Å². The maximum atomic E-state index is 11.9. The van der Waals surface area contributed by atoms with E-state index >= 15 is 0 Å². The highest BCUT2D eigenvalue weighted by Gasteiger charge is 2.14. The summed E-state index contributed by atoms with van der Waals surface area (Å²) >= 11 is 0. The van der Waals surface area contributed by atoms with Crippen molar-refractivity contribution in [2.75, 3.05) is 13.2 Å². The summed E-state index contributed by atoms with van der Waals surface area (Å²) in [5.74, 6) is 0.298. The Labute approximate surface area is 187 Å². The molecule has 2 amide bonds. The molecule has 0 saturated heterocycles. The van der Waals surface area contributed by atoms with Crippen LogP contribution < -0.4 is 20.1 Å². The third-order valence-electron chi connectivity index (χ3n) is 4.05. The number of amides is 2. The van der Waals surface area contributed by atoms with Crippen LogP contribution in [0.5, 0.6) is 11.5 Å². The molecule has 0 aliphatic carbocycles. The number of carbonyl (C=O) groups is 2. The second-order valence-electron chi connectivity index (χ2n) is 6.85. The number of nitrogens with one attached hydrogen (secondary N) is 2. The first kappa shape index (κ1) is 25.0. The fourth-order valence-corrected chi connectivity index (χ4v) is 2.39. The molecule has 0 aliphatic heterocycles. The predicted molar refractivity (Wildman–Crippen MR) is 114 cm³/mol. The van der Waals surface area contributed by atoms with E-state index < -0.39 is 34.2 Å². The quantitative estimate of drug-likeness (QED) is 0.397. The Morgan fingerprint density at radius 3 is 1.76 bits per heavy atom. The average molecular weight is 462 g/mol. The average Bonchev–Trinajstić information content (AvgIpc) is 2.77. The lowest BCUT2D eigenvalue weighted by molar-refractivity contribution is -0.385. The molecule has 0 saturated carbocycles. The first-order chi connectivity index (χ1) is 15.6. The van der Waals surface area contributed by atoms with Crippen LogP contribution in [0.3, 0.4) is 0 Å². The van der Waals surface area contributed by atoms with Crippen molar-refractivity contribution >= 4 is 23.6 Å². The Bertz CT molecular complexity index is 980. The summed E-state index contributed by atoms with van der Waals surface area (Å²) < 4.78 is 15.6. The van der Waals surface area contributed by atoms with Gasteiger partial charge in [0.15, 0.2) is 0 Å². The molecule has 0 aromatic heterocycles. The lowest BCUT2D eigenvalue weighted by atomic mass is 10.3. The highest BCUT2D eigenvalue weighted by Crippen LogP contribution is 2.18. The van der Waals surface area contributed by atoms with Crippen LogP contribution in [0.25, 0.3) is 0 Å². The van der Waals surface area contributed by atoms with Crippen LogP contribution in [0, 0.1) is 20.2 Å². The van der Waals surface area contributed by atoms with E-state index in [9.17, 15) is 29.8 Å². The van der Waals surface area contributed by atoms with Crippen molar-refractivity contribution in [2.45, 2.75) is 26.0 Å². The lowest BCUT2D eigenvalue weighted by Crippen LogP contribution is -2.40. The van der Waals surface area contributed by atoms with E-state index in [4.69, 9.17) is 14.2 Å². The Hall–Kier alpha value is -4.26. The van der Waals surface area contributed by atoms with Crippen LogP contribution in [-0.2, 0) is 4.74 Å². The molecule has 0 aliphatic rings. The molecule has 0 heterocycles. The van der Waals surface area contributed by atoms with Crippen LogP contribution in [0.1, 0.15) is 13.8 Å². The van der Waals surface area contributed by atoms with E-state index in [1.165, 1.54) is 48.5 Å². The number of hydrogen-bond acceptors (Lipinski definition) is 9. The van der Waals surface area contributed by atoms with Gasteiger partial charge in [0, 0.05) is 30.8 Å². The van der Waals surface area contributed by atoms with Gasteiger partial charge in [0.1, 0.15) is 11.5 Å². The van der Waals surface area contributed by atoms with Crippen LogP contribution in [0.2, 0.25) is 0 Å². The molecular weight excluding hydrogens is 440 g/mol. The zero-order chi connectivity index (χ0) is 24.4. The molecule has 2 atom stereocenters.